The van der Waals surface area contributed by atoms with Crippen LogP contribution in [0.15, 0.2) is 42.6 Å². The smallest absolute Gasteiger partial charge is 0.423 e. The summed E-state index contributed by atoms with van der Waals surface area (Å²) in [4.78, 5) is 22.4. The van der Waals surface area contributed by atoms with E-state index in [1.807, 2.05) is 37.2 Å². The number of fused-ring (bicyclic) bond motifs is 1. The lowest BCUT2D eigenvalue weighted by atomic mass is 9.97. The number of nitrogens with zero attached hydrogens (tertiary/aromatic N) is 4. The lowest BCUT2D eigenvalue weighted by molar-refractivity contribution is -0.141. The number of benzene rings is 2. The number of alkyl halides is 3. The Bertz CT molecular complexity index is 1570. The van der Waals surface area contributed by atoms with E-state index in [0.29, 0.717) is 19.2 Å². The first-order valence-corrected chi connectivity index (χ1v) is 15.5. The van der Waals surface area contributed by atoms with Crippen LogP contribution in [-0.4, -0.2) is 82.5 Å². The molecular formula is C30H36F4N6O4S. The summed E-state index contributed by atoms with van der Waals surface area (Å²) in [5.74, 6) is -2.59. The van der Waals surface area contributed by atoms with Crippen molar-refractivity contribution >= 4 is 28.5 Å². The van der Waals surface area contributed by atoms with Gasteiger partial charge in [-0.2, -0.15) is 18.2 Å². The molecule has 2 N–H and O–H groups in total. The molecular weight excluding hydrogens is 616 g/mol. The molecule has 244 valence electrons. The normalized spacial score (nSPS) is 18.5. The van der Waals surface area contributed by atoms with Gasteiger partial charge in [0.25, 0.3) is 5.91 Å². The van der Waals surface area contributed by atoms with Crippen molar-refractivity contribution in [3.63, 3.8) is 0 Å². The molecule has 0 fully saturated rings. The molecule has 1 unspecified atom stereocenters. The van der Waals surface area contributed by atoms with Crippen molar-refractivity contribution < 1.29 is 36.0 Å². The highest BCUT2D eigenvalue weighted by atomic mass is 32.2. The molecule has 0 saturated heterocycles. The van der Waals surface area contributed by atoms with Gasteiger partial charge in [0, 0.05) is 38.5 Å². The summed E-state index contributed by atoms with van der Waals surface area (Å²) in [5, 5.41) is 5.34. The number of rotatable bonds is 12. The maximum absolute atomic E-state index is 15.1. The molecule has 0 aliphatic heterocycles. The summed E-state index contributed by atoms with van der Waals surface area (Å²) in [6, 6.07) is 8.77. The molecule has 1 aromatic heterocycles. The molecule has 1 heterocycles. The number of methoxy groups -OCH3 is 1. The monoisotopic (exact) mass is 652 g/mol. The summed E-state index contributed by atoms with van der Waals surface area (Å²) < 4.78 is 83.0. The summed E-state index contributed by atoms with van der Waals surface area (Å²) in [6.07, 6.45) is -1.94. The van der Waals surface area contributed by atoms with Crippen LogP contribution >= 0.6 is 0 Å². The van der Waals surface area contributed by atoms with E-state index in [0.717, 1.165) is 23.7 Å². The Morgan fingerprint density at radius 1 is 1.20 bits per heavy atom. The molecule has 3 atom stereocenters. The van der Waals surface area contributed by atoms with E-state index in [2.05, 4.69) is 20.6 Å². The van der Waals surface area contributed by atoms with E-state index < -0.39 is 52.0 Å². The lowest BCUT2D eigenvalue weighted by Gasteiger charge is -2.37. The summed E-state index contributed by atoms with van der Waals surface area (Å²) >= 11 is 0. The molecule has 1 aliphatic rings. The first-order chi connectivity index (χ1) is 21.1. The van der Waals surface area contributed by atoms with Gasteiger partial charge in [0.15, 0.2) is 0 Å². The van der Waals surface area contributed by atoms with E-state index in [-0.39, 0.29) is 29.4 Å². The van der Waals surface area contributed by atoms with Crippen LogP contribution in [0.25, 0.3) is 0 Å². The van der Waals surface area contributed by atoms with Crippen molar-refractivity contribution in [2.45, 2.75) is 37.6 Å². The van der Waals surface area contributed by atoms with E-state index in [4.69, 9.17) is 9.47 Å². The second-order valence-corrected chi connectivity index (χ2v) is 12.6. The Balaban J connectivity index is 1.66. The Morgan fingerprint density at radius 3 is 2.56 bits per heavy atom. The lowest BCUT2D eigenvalue weighted by Crippen LogP contribution is -2.45. The molecule has 0 spiro atoms. The van der Waals surface area contributed by atoms with E-state index in [1.165, 1.54) is 23.7 Å². The standard InChI is InChI=1S/C30H36F4N6O4S/c1-29(16-18-10-7-8-11-19(18)25(29)40(4)45(6)42)44-27-21(30(32,33)34)17-36-28(38-27)37-23-15-22(31)20(14-24(23)43-5)26(41)35-12-9-13-39(2)3/h7-8,10-11,14-15,17,25H,9,12-13,16H2,1-6H3,(H,35,41)(H,36,37,38)/t25-,29-,45?/m1/s1. The van der Waals surface area contributed by atoms with Crippen molar-refractivity contribution in [3.8, 4) is 11.6 Å². The minimum Gasteiger partial charge on any atom is -0.495 e. The van der Waals surface area contributed by atoms with Crippen LogP contribution in [0.2, 0.25) is 0 Å². The van der Waals surface area contributed by atoms with Crippen LogP contribution < -0.4 is 20.1 Å². The Hall–Kier alpha value is -3.82. The topological polar surface area (TPSA) is 109 Å². The third-order valence-corrected chi connectivity index (χ3v) is 8.50. The number of aromatic nitrogens is 2. The average molecular weight is 653 g/mol. The largest absolute Gasteiger partial charge is 0.495 e. The second-order valence-electron chi connectivity index (χ2n) is 11.1. The average Bonchev–Trinajstić information content (AvgIpc) is 3.25. The van der Waals surface area contributed by atoms with Crippen molar-refractivity contribution in [1.82, 2.24) is 24.5 Å². The van der Waals surface area contributed by atoms with Crippen molar-refractivity contribution in [1.29, 1.82) is 0 Å². The molecule has 45 heavy (non-hydrogen) atoms. The van der Waals surface area contributed by atoms with Gasteiger partial charge < -0.3 is 25.0 Å². The predicted octanol–water partition coefficient (Wildman–Crippen LogP) is 4.73. The Morgan fingerprint density at radius 2 is 1.91 bits per heavy atom. The highest BCUT2D eigenvalue weighted by Gasteiger charge is 2.49. The number of likely N-dealkylation sites (N-methyl/N-ethyl adjacent to an activating group) is 1. The molecule has 0 radical (unpaired) electrons. The summed E-state index contributed by atoms with van der Waals surface area (Å²) in [6.45, 7) is 2.70. The van der Waals surface area contributed by atoms with Crippen molar-refractivity contribution in [2.24, 2.45) is 0 Å². The van der Waals surface area contributed by atoms with Gasteiger partial charge in [0.1, 0.15) is 22.7 Å². The number of carbonyl (C=O) groups is 1. The molecule has 10 nitrogen and oxygen atoms in total. The highest BCUT2D eigenvalue weighted by molar-refractivity contribution is 7.81. The quantitative estimate of drug-likeness (QED) is 0.214. The van der Waals surface area contributed by atoms with Gasteiger partial charge >= 0.3 is 6.18 Å². The van der Waals surface area contributed by atoms with Crippen LogP contribution in [0.1, 0.15) is 46.4 Å². The summed E-state index contributed by atoms with van der Waals surface area (Å²) in [5.41, 5.74) is -1.20. The number of hydrogen-bond acceptors (Lipinski definition) is 8. The van der Waals surface area contributed by atoms with Crippen molar-refractivity contribution in [2.75, 3.05) is 52.9 Å². The van der Waals surface area contributed by atoms with E-state index in [9.17, 15) is 22.2 Å². The predicted molar refractivity (Wildman–Crippen MR) is 163 cm³/mol. The van der Waals surface area contributed by atoms with Crippen LogP contribution in [0.3, 0.4) is 0 Å². The second kappa shape index (κ2) is 13.7. The van der Waals surface area contributed by atoms with E-state index >= 15 is 4.39 Å². The third kappa shape index (κ3) is 7.71. The van der Waals surface area contributed by atoms with Crippen LogP contribution in [0.5, 0.6) is 11.6 Å². The first-order valence-electron chi connectivity index (χ1n) is 14.0. The maximum atomic E-state index is 15.1. The number of anilines is 2. The van der Waals surface area contributed by atoms with Gasteiger partial charge in [0.05, 0.1) is 35.4 Å². The van der Waals surface area contributed by atoms with E-state index in [1.54, 1.807) is 20.0 Å². The molecule has 15 heteroatoms. The first kappa shape index (κ1) is 34.1. The highest BCUT2D eigenvalue weighted by Crippen LogP contribution is 2.47. The SMILES string of the molecule is COc1cc(C(=O)NCCCN(C)C)c(F)cc1Nc1ncc(C(F)(F)F)c(O[C@]2(C)Cc3ccccc3[C@H]2N(C)S(C)=O)n1. The number of hydrogen-bond donors (Lipinski definition) is 2. The van der Waals surface area contributed by atoms with Gasteiger partial charge in [-0.15, -0.1) is 0 Å². The van der Waals surface area contributed by atoms with Crippen LogP contribution in [0.4, 0.5) is 29.2 Å². The third-order valence-electron chi connectivity index (χ3n) is 7.48. The zero-order valence-electron chi connectivity index (χ0n) is 25.8. The summed E-state index contributed by atoms with van der Waals surface area (Å²) in [7, 11) is 5.22. The fourth-order valence-corrected chi connectivity index (χ4v) is 5.95. The molecule has 1 amide bonds. The molecule has 0 saturated carbocycles. The van der Waals surface area contributed by atoms with Crippen LogP contribution in [-0.2, 0) is 23.6 Å². The molecule has 0 bridgehead atoms. The Labute approximate surface area is 261 Å². The minimum absolute atomic E-state index is 0.0247. The van der Waals surface area contributed by atoms with Gasteiger partial charge in [-0.3, -0.25) is 4.79 Å². The number of nitrogens with one attached hydrogen (secondary N) is 2. The zero-order valence-corrected chi connectivity index (χ0v) is 26.6. The number of amides is 1. The van der Waals surface area contributed by atoms with Gasteiger partial charge in [-0.25, -0.2) is 17.9 Å². The van der Waals surface area contributed by atoms with Gasteiger partial charge in [0.2, 0.25) is 11.8 Å². The zero-order chi connectivity index (χ0) is 33.1. The fraction of sp³-hybridized carbons (Fsp3) is 0.433. The number of carbonyl (C=O) groups excluding carboxylic acids is 1. The number of halogens is 4. The molecule has 4 rings (SSSR count). The molecule has 1 aliphatic carbocycles. The van der Waals surface area contributed by atoms with Crippen LogP contribution in [0, 0.1) is 5.82 Å². The maximum Gasteiger partial charge on any atom is 0.423 e. The molecule has 3 aromatic rings. The molecule has 2 aromatic carbocycles. The van der Waals surface area contributed by atoms with Crippen molar-refractivity contribution in [3.05, 3.63) is 70.7 Å². The minimum atomic E-state index is -4.87. The fourth-order valence-electron chi connectivity index (χ4n) is 5.31. The van der Waals surface area contributed by atoms with Gasteiger partial charge in [-0.1, -0.05) is 24.3 Å². The number of ether oxygens (including phenoxy) is 2. The Kier molecular flexibility index (Phi) is 10.3. The van der Waals surface area contributed by atoms with Gasteiger partial charge in [-0.05, 0) is 51.2 Å².